The van der Waals surface area contributed by atoms with Crippen molar-refractivity contribution < 1.29 is 5.11 Å². The number of aliphatic hydroxyl groups excluding tert-OH is 1. The predicted molar refractivity (Wildman–Crippen MR) is 92.3 cm³/mol. The zero-order valence-corrected chi connectivity index (χ0v) is 14.5. The van der Waals surface area contributed by atoms with Crippen LogP contribution in [0.2, 0.25) is 0 Å². The van der Waals surface area contributed by atoms with Gasteiger partial charge in [-0.2, -0.15) is 0 Å². The Bertz CT molecular complexity index is 751. The summed E-state index contributed by atoms with van der Waals surface area (Å²) in [5, 5.41) is 13.7. The average Bonchev–Trinajstić information content (AvgIpc) is 2.84. The summed E-state index contributed by atoms with van der Waals surface area (Å²) in [4.78, 5) is 0. The number of thiophene rings is 1. The van der Waals surface area contributed by atoms with Crippen LogP contribution in [0.1, 0.15) is 17.2 Å². The maximum atomic E-state index is 10.5. The molecule has 0 saturated heterocycles. The lowest BCUT2D eigenvalue weighted by molar-refractivity contribution is 0.180. The first kappa shape index (κ1) is 14.3. The van der Waals surface area contributed by atoms with E-state index in [2.05, 4.69) is 43.3 Å². The third kappa shape index (κ3) is 2.84. The number of benzene rings is 2. The molecule has 0 aliphatic rings. The molecule has 4 heteroatoms. The van der Waals surface area contributed by atoms with Gasteiger partial charge in [-0.25, -0.2) is 0 Å². The second-order valence-corrected chi connectivity index (χ2v) is 7.31. The van der Waals surface area contributed by atoms with Crippen molar-refractivity contribution in [3.05, 3.63) is 67.9 Å². The summed E-state index contributed by atoms with van der Waals surface area (Å²) in [5.74, 6) is 0. The van der Waals surface area contributed by atoms with Gasteiger partial charge in [-0.15, -0.1) is 11.3 Å². The number of aliphatic hydroxyl groups is 1. The highest BCUT2D eigenvalue weighted by Gasteiger charge is 2.15. The molecule has 0 saturated carbocycles. The van der Waals surface area contributed by atoms with Crippen LogP contribution in [-0.4, -0.2) is 5.11 Å². The quantitative estimate of drug-likeness (QED) is 0.585. The van der Waals surface area contributed by atoms with Gasteiger partial charge in [-0.3, -0.25) is 0 Å². The number of hydrogen-bond acceptors (Lipinski definition) is 2. The first-order valence-corrected chi connectivity index (χ1v) is 8.70. The molecule has 1 aromatic heterocycles. The van der Waals surface area contributed by atoms with Crippen molar-refractivity contribution in [1.82, 2.24) is 0 Å². The molecule has 0 radical (unpaired) electrons. The molecular formula is C16H12Br2OS. The molecule has 0 aliphatic carbocycles. The summed E-state index contributed by atoms with van der Waals surface area (Å²) in [6, 6.07) is 14.2. The Kier molecular flexibility index (Phi) is 4.26. The molecule has 1 atom stereocenters. The maximum Gasteiger partial charge on any atom is 0.0844 e. The Morgan fingerprint density at radius 3 is 2.70 bits per heavy atom. The standard InChI is InChI=1S/C16H12Br2OS/c17-11-4-1-3-10(7-11)8-15(19)13-9-20-16-12(13)5-2-6-14(16)18/h1-7,9,15,19H,8H2. The SMILES string of the molecule is OC(Cc1cccc(Br)c1)c1csc2c(Br)cccc12. The van der Waals surface area contributed by atoms with E-state index >= 15 is 0 Å². The molecule has 0 fully saturated rings. The molecule has 0 amide bonds. The van der Waals surface area contributed by atoms with Gasteiger partial charge in [0.25, 0.3) is 0 Å². The smallest absolute Gasteiger partial charge is 0.0844 e. The second kappa shape index (κ2) is 5.98. The van der Waals surface area contributed by atoms with Crippen molar-refractivity contribution in [2.45, 2.75) is 12.5 Å². The average molecular weight is 412 g/mol. The van der Waals surface area contributed by atoms with Crippen LogP contribution in [0.3, 0.4) is 0 Å². The summed E-state index contributed by atoms with van der Waals surface area (Å²) < 4.78 is 3.32. The molecule has 102 valence electrons. The minimum Gasteiger partial charge on any atom is -0.388 e. The van der Waals surface area contributed by atoms with Gasteiger partial charge in [0.2, 0.25) is 0 Å². The van der Waals surface area contributed by atoms with Crippen molar-refractivity contribution in [1.29, 1.82) is 0 Å². The Balaban J connectivity index is 1.93. The lowest BCUT2D eigenvalue weighted by Crippen LogP contribution is -2.00. The predicted octanol–water partition coefficient (Wildman–Crippen LogP) is 5.70. The van der Waals surface area contributed by atoms with E-state index in [9.17, 15) is 5.11 Å². The largest absolute Gasteiger partial charge is 0.388 e. The molecule has 1 nitrogen and oxygen atoms in total. The van der Waals surface area contributed by atoms with E-state index in [0.29, 0.717) is 6.42 Å². The molecule has 1 unspecified atom stereocenters. The van der Waals surface area contributed by atoms with E-state index in [0.717, 1.165) is 25.5 Å². The molecule has 1 heterocycles. The van der Waals surface area contributed by atoms with Crippen LogP contribution < -0.4 is 0 Å². The molecule has 0 aliphatic heterocycles. The van der Waals surface area contributed by atoms with Crippen LogP contribution in [0, 0.1) is 0 Å². The van der Waals surface area contributed by atoms with Gasteiger partial charge < -0.3 is 5.11 Å². The summed E-state index contributed by atoms with van der Waals surface area (Å²) in [5.41, 5.74) is 2.13. The van der Waals surface area contributed by atoms with E-state index in [1.54, 1.807) is 11.3 Å². The van der Waals surface area contributed by atoms with Crippen molar-refractivity contribution in [3.8, 4) is 0 Å². The second-order valence-electron chi connectivity index (χ2n) is 4.66. The maximum absolute atomic E-state index is 10.5. The third-order valence-electron chi connectivity index (χ3n) is 3.26. The van der Waals surface area contributed by atoms with E-state index in [1.807, 2.05) is 36.4 Å². The monoisotopic (exact) mass is 410 g/mol. The fraction of sp³-hybridized carbons (Fsp3) is 0.125. The molecular weight excluding hydrogens is 400 g/mol. The number of hydrogen-bond donors (Lipinski definition) is 1. The zero-order valence-electron chi connectivity index (χ0n) is 10.5. The van der Waals surface area contributed by atoms with E-state index < -0.39 is 6.10 Å². The van der Waals surface area contributed by atoms with Gasteiger partial charge in [0.05, 0.1) is 6.10 Å². The van der Waals surface area contributed by atoms with Gasteiger partial charge in [0.1, 0.15) is 0 Å². The van der Waals surface area contributed by atoms with Gasteiger partial charge in [0.15, 0.2) is 0 Å². The Hall–Kier alpha value is -0.680. The first-order chi connectivity index (χ1) is 9.65. The Morgan fingerprint density at radius 1 is 1.10 bits per heavy atom. The topological polar surface area (TPSA) is 20.2 Å². The Labute approximate surface area is 138 Å². The summed E-state index contributed by atoms with van der Waals surface area (Å²) in [7, 11) is 0. The van der Waals surface area contributed by atoms with Gasteiger partial charge >= 0.3 is 0 Å². The molecule has 0 spiro atoms. The molecule has 0 bridgehead atoms. The molecule has 2 aromatic carbocycles. The minimum atomic E-state index is -0.479. The van der Waals surface area contributed by atoms with Crippen LogP contribution in [0.25, 0.3) is 10.1 Å². The summed E-state index contributed by atoms with van der Waals surface area (Å²) in [6.07, 6.45) is 0.143. The van der Waals surface area contributed by atoms with Crippen LogP contribution in [0.5, 0.6) is 0 Å². The minimum absolute atomic E-state index is 0.479. The molecule has 3 rings (SSSR count). The molecule has 1 N–H and O–H groups in total. The molecule has 3 aromatic rings. The van der Waals surface area contributed by atoms with Crippen molar-refractivity contribution in [2.24, 2.45) is 0 Å². The molecule has 20 heavy (non-hydrogen) atoms. The van der Waals surface area contributed by atoms with E-state index in [-0.39, 0.29) is 0 Å². The van der Waals surface area contributed by atoms with Crippen LogP contribution >= 0.6 is 43.2 Å². The first-order valence-electron chi connectivity index (χ1n) is 6.23. The fourth-order valence-electron chi connectivity index (χ4n) is 2.30. The number of fused-ring (bicyclic) bond motifs is 1. The highest BCUT2D eigenvalue weighted by molar-refractivity contribution is 9.11. The van der Waals surface area contributed by atoms with E-state index in [1.165, 1.54) is 4.70 Å². The van der Waals surface area contributed by atoms with Gasteiger partial charge in [-0.1, -0.05) is 40.2 Å². The van der Waals surface area contributed by atoms with E-state index in [4.69, 9.17) is 0 Å². The van der Waals surface area contributed by atoms with Crippen molar-refractivity contribution in [3.63, 3.8) is 0 Å². The van der Waals surface area contributed by atoms with Gasteiger partial charge in [0, 0.05) is 20.1 Å². The van der Waals surface area contributed by atoms with Crippen LogP contribution in [0.15, 0.2) is 56.8 Å². The highest BCUT2D eigenvalue weighted by atomic mass is 79.9. The van der Waals surface area contributed by atoms with Crippen LogP contribution in [-0.2, 0) is 6.42 Å². The van der Waals surface area contributed by atoms with Crippen molar-refractivity contribution in [2.75, 3.05) is 0 Å². The third-order valence-corrected chi connectivity index (χ3v) is 5.72. The van der Waals surface area contributed by atoms with Crippen LogP contribution in [0.4, 0.5) is 0 Å². The lowest BCUT2D eigenvalue weighted by Gasteiger charge is -2.10. The summed E-state index contributed by atoms with van der Waals surface area (Å²) >= 11 is 8.69. The summed E-state index contributed by atoms with van der Waals surface area (Å²) in [6.45, 7) is 0. The van der Waals surface area contributed by atoms with Gasteiger partial charge in [-0.05, 0) is 56.0 Å². The van der Waals surface area contributed by atoms with Crippen molar-refractivity contribution >= 4 is 53.3 Å². The fourth-order valence-corrected chi connectivity index (χ4v) is 4.41. The zero-order chi connectivity index (χ0) is 14.1. The number of halogens is 2. The normalized spacial score (nSPS) is 12.8. The number of rotatable bonds is 3. The Morgan fingerprint density at radius 2 is 1.90 bits per heavy atom. The highest BCUT2D eigenvalue weighted by Crippen LogP contribution is 2.36. The lowest BCUT2D eigenvalue weighted by atomic mass is 10.0.